The second-order valence-electron chi connectivity index (χ2n) is 7.61. The standard InChI is InChI=1S/C18H26F2N4O3/c1-11-12(8-22-23(11)2)13-9-24(10-14(13)15(21)25)16(26)18(19,20)17(27-3)6-4-5-7-17/h8,13-14H,4-7,9-10H2,1-3H3,(H2,21,25)/t13-,14+/m1/s1. The molecule has 1 aromatic rings. The number of aryl methyl sites for hydroxylation is 1. The van der Waals surface area contributed by atoms with Crippen molar-refractivity contribution in [3.05, 3.63) is 17.5 Å². The van der Waals surface area contributed by atoms with Crippen LogP contribution < -0.4 is 5.73 Å². The number of carbonyl (C=O) groups excluding carboxylic acids is 2. The Hall–Kier alpha value is -2.03. The molecule has 27 heavy (non-hydrogen) atoms. The summed E-state index contributed by atoms with van der Waals surface area (Å²) in [5, 5.41) is 4.15. The molecule has 1 saturated heterocycles. The molecule has 0 radical (unpaired) electrons. The number of amides is 2. The highest BCUT2D eigenvalue weighted by Gasteiger charge is 2.62. The third-order valence-electron chi connectivity index (χ3n) is 6.29. The Morgan fingerprint density at radius 2 is 1.96 bits per heavy atom. The van der Waals surface area contributed by atoms with Gasteiger partial charge in [-0.05, 0) is 25.3 Å². The summed E-state index contributed by atoms with van der Waals surface area (Å²) in [6, 6.07) is 0. The number of likely N-dealkylation sites (tertiary alicyclic amines) is 1. The topological polar surface area (TPSA) is 90.4 Å². The monoisotopic (exact) mass is 384 g/mol. The Labute approximate surface area is 156 Å². The fraction of sp³-hybridized carbons (Fsp3) is 0.722. The smallest absolute Gasteiger partial charge is 0.352 e. The number of hydrogen-bond acceptors (Lipinski definition) is 4. The molecule has 3 rings (SSSR count). The SMILES string of the molecule is COC1(C(F)(F)C(=O)N2C[C@H](C(N)=O)[C@@H](c3cnn(C)c3C)C2)CCCC1. The third kappa shape index (κ3) is 3.01. The van der Waals surface area contributed by atoms with Gasteiger partial charge in [-0.3, -0.25) is 14.3 Å². The van der Waals surface area contributed by atoms with Gasteiger partial charge in [-0.25, -0.2) is 0 Å². The van der Waals surface area contributed by atoms with Crippen molar-refractivity contribution >= 4 is 11.8 Å². The van der Waals surface area contributed by atoms with Crippen molar-refractivity contribution in [3.63, 3.8) is 0 Å². The number of nitrogens with two attached hydrogens (primary N) is 1. The molecule has 2 fully saturated rings. The van der Waals surface area contributed by atoms with Crippen LogP contribution in [0.2, 0.25) is 0 Å². The number of alkyl halides is 2. The van der Waals surface area contributed by atoms with Gasteiger partial charge < -0.3 is 15.4 Å². The van der Waals surface area contributed by atoms with Crippen LogP contribution in [0.15, 0.2) is 6.20 Å². The van der Waals surface area contributed by atoms with Crippen LogP contribution in [-0.2, 0) is 21.4 Å². The zero-order valence-electron chi connectivity index (χ0n) is 15.9. The minimum atomic E-state index is -3.65. The van der Waals surface area contributed by atoms with Crippen molar-refractivity contribution in [1.29, 1.82) is 0 Å². The molecule has 0 unspecified atom stereocenters. The molecule has 2 amide bonds. The van der Waals surface area contributed by atoms with Crippen LogP contribution in [0.4, 0.5) is 8.78 Å². The number of aromatic nitrogens is 2. The molecule has 9 heteroatoms. The minimum Gasteiger partial charge on any atom is -0.371 e. The van der Waals surface area contributed by atoms with E-state index in [1.807, 2.05) is 6.92 Å². The highest BCUT2D eigenvalue weighted by atomic mass is 19.3. The molecule has 150 valence electrons. The summed E-state index contributed by atoms with van der Waals surface area (Å²) in [6.07, 6.45) is 3.08. The molecule has 1 aromatic heterocycles. The Morgan fingerprint density at radius 3 is 2.44 bits per heavy atom. The summed E-state index contributed by atoms with van der Waals surface area (Å²) in [5.41, 5.74) is 5.31. The first-order chi connectivity index (χ1) is 12.6. The van der Waals surface area contributed by atoms with Gasteiger partial charge in [0, 0.05) is 38.9 Å². The van der Waals surface area contributed by atoms with Gasteiger partial charge in [0.15, 0.2) is 0 Å². The normalized spacial score (nSPS) is 25.1. The van der Waals surface area contributed by atoms with E-state index in [1.54, 1.807) is 17.9 Å². The highest BCUT2D eigenvalue weighted by molar-refractivity contribution is 5.87. The molecule has 0 spiro atoms. The maximum Gasteiger partial charge on any atom is 0.352 e. The van der Waals surface area contributed by atoms with Gasteiger partial charge in [-0.15, -0.1) is 0 Å². The van der Waals surface area contributed by atoms with Gasteiger partial charge in [0.25, 0.3) is 5.91 Å². The fourth-order valence-corrected chi connectivity index (χ4v) is 4.44. The lowest BCUT2D eigenvalue weighted by atomic mass is 9.89. The van der Waals surface area contributed by atoms with Crippen LogP contribution >= 0.6 is 0 Å². The number of hydrogen-bond donors (Lipinski definition) is 1. The van der Waals surface area contributed by atoms with Crippen molar-refractivity contribution in [2.24, 2.45) is 18.7 Å². The van der Waals surface area contributed by atoms with E-state index in [2.05, 4.69) is 5.10 Å². The first-order valence-electron chi connectivity index (χ1n) is 9.15. The average Bonchev–Trinajstić information content (AvgIpc) is 3.34. The molecular weight excluding hydrogens is 358 g/mol. The number of halogens is 2. The maximum atomic E-state index is 15.1. The average molecular weight is 384 g/mol. The third-order valence-corrected chi connectivity index (χ3v) is 6.29. The lowest BCUT2D eigenvalue weighted by molar-refractivity contribution is -0.208. The van der Waals surface area contributed by atoms with E-state index in [1.165, 1.54) is 7.11 Å². The van der Waals surface area contributed by atoms with Crippen LogP contribution in [0.5, 0.6) is 0 Å². The largest absolute Gasteiger partial charge is 0.371 e. The summed E-state index contributed by atoms with van der Waals surface area (Å²) in [4.78, 5) is 25.8. The van der Waals surface area contributed by atoms with Gasteiger partial charge in [0.1, 0.15) is 5.60 Å². The van der Waals surface area contributed by atoms with E-state index in [0.29, 0.717) is 12.8 Å². The van der Waals surface area contributed by atoms with E-state index in [-0.39, 0.29) is 25.9 Å². The second kappa shape index (κ2) is 6.85. The van der Waals surface area contributed by atoms with Gasteiger partial charge in [-0.2, -0.15) is 13.9 Å². The molecule has 0 aromatic carbocycles. The minimum absolute atomic E-state index is 0.00829. The van der Waals surface area contributed by atoms with Crippen LogP contribution in [0.3, 0.4) is 0 Å². The molecule has 2 heterocycles. The summed E-state index contributed by atoms with van der Waals surface area (Å²) in [5.74, 6) is -6.72. The molecule has 2 aliphatic rings. The Morgan fingerprint density at radius 1 is 1.33 bits per heavy atom. The zero-order chi connectivity index (χ0) is 20.0. The van der Waals surface area contributed by atoms with Gasteiger partial charge >= 0.3 is 5.92 Å². The van der Waals surface area contributed by atoms with Crippen LogP contribution in [0, 0.1) is 12.8 Å². The van der Waals surface area contributed by atoms with Crippen molar-refractivity contribution in [1.82, 2.24) is 14.7 Å². The summed E-state index contributed by atoms with van der Waals surface area (Å²) in [6.45, 7) is 1.72. The van der Waals surface area contributed by atoms with Crippen LogP contribution in [-0.4, -0.2) is 58.2 Å². The number of primary amides is 1. The van der Waals surface area contributed by atoms with E-state index in [4.69, 9.17) is 10.5 Å². The van der Waals surface area contributed by atoms with E-state index < -0.39 is 35.2 Å². The molecule has 2 atom stereocenters. The summed E-state index contributed by atoms with van der Waals surface area (Å²) in [7, 11) is 2.98. The lowest BCUT2D eigenvalue weighted by Crippen LogP contribution is -2.57. The second-order valence-corrected chi connectivity index (χ2v) is 7.61. The Bertz CT molecular complexity index is 743. The molecule has 7 nitrogen and oxygen atoms in total. The van der Waals surface area contributed by atoms with E-state index in [0.717, 1.165) is 16.2 Å². The predicted octanol–water partition coefficient (Wildman–Crippen LogP) is 1.35. The first kappa shape index (κ1) is 19.7. The molecule has 1 aliphatic carbocycles. The first-order valence-corrected chi connectivity index (χ1v) is 9.15. The maximum absolute atomic E-state index is 15.1. The number of rotatable bonds is 5. The highest BCUT2D eigenvalue weighted by Crippen LogP contribution is 2.46. The zero-order valence-corrected chi connectivity index (χ0v) is 15.9. The van der Waals surface area contributed by atoms with Crippen LogP contribution in [0.1, 0.15) is 42.9 Å². The molecule has 0 bridgehead atoms. The van der Waals surface area contributed by atoms with Crippen molar-refractivity contribution in [2.75, 3.05) is 20.2 Å². The van der Waals surface area contributed by atoms with Crippen molar-refractivity contribution in [2.45, 2.75) is 50.0 Å². The van der Waals surface area contributed by atoms with E-state index >= 15 is 8.78 Å². The quantitative estimate of drug-likeness (QED) is 0.830. The number of carbonyl (C=O) groups is 2. The summed E-state index contributed by atoms with van der Waals surface area (Å²) < 4.78 is 37.0. The van der Waals surface area contributed by atoms with Gasteiger partial charge in [0.2, 0.25) is 5.91 Å². The van der Waals surface area contributed by atoms with Gasteiger partial charge in [-0.1, -0.05) is 12.8 Å². The Kier molecular flexibility index (Phi) is 5.00. The van der Waals surface area contributed by atoms with E-state index in [9.17, 15) is 9.59 Å². The molecular formula is C18H26F2N4O3. The van der Waals surface area contributed by atoms with Gasteiger partial charge in [0.05, 0.1) is 12.1 Å². The molecule has 1 saturated carbocycles. The lowest BCUT2D eigenvalue weighted by Gasteiger charge is -2.36. The fourth-order valence-electron chi connectivity index (χ4n) is 4.44. The van der Waals surface area contributed by atoms with Crippen molar-refractivity contribution in [3.8, 4) is 0 Å². The predicted molar refractivity (Wildman–Crippen MR) is 93.1 cm³/mol. The summed E-state index contributed by atoms with van der Waals surface area (Å²) >= 11 is 0. The van der Waals surface area contributed by atoms with Crippen LogP contribution in [0.25, 0.3) is 0 Å². The molecule has 1 aliphatic heterocycles. The number of methoxy groups -OCH3 is 1. The number of ether oxygens (including phenoxy) is 1. The number of nitrogens with zero attached hydrogens (tertiary/aromatic N) is 3. The van der Waals surface area contributed by atoms with Crippen molar-refractivity contribution < 1.29 is 23.1 Å². The molecule has 2 N–H and O–H groups in total. The Balaban J connectivity index is 1.88.